The van der Waals surface area contributed by atoms with E-state index in [1.165, 1.54) is 12.4 Å². The Morgan fingerprint density at radius 3 is 2.57 bits per heavy atom. The van der Waals surface area contributed by atoms with Crippen molar-refractivity contribution in [2.45, 2.75) is 50.6 Å². The Kier molecular flexibility index (Phi) is 4.51. The molecule has 1 aromatic heterocycles. The summed E-state index contributed by atoms with van der Waals surface area (Å²) in [6.45, 7) is 0.805. The quantitative estimate of drug-likeness (QED) is 0.889. The molecule has 5 nitrogen and oxygen atoms in total. The van der Waals surface area contributed by atoms with Crippen molar-refractivity contribution in [2.24, 2.45) is 0 Å². The molecule has 1 amide bonds. The molecule has 1 fully saturated rings. The Bertz CT molecular complexity index is 499. The van der Waals surface area contributed by atoms with Crippen molar-refractivity contribution in [1.82, 2.24) is 15.3 Å². The van der Waals surface area contributed by atoms with Gasteiger partial charge in [0.05, 0.1) is 18.4 Å². The molecule has 21 heavy (non-hydrogen) atoms. The molecule has 1 saturated carbocycles. The minimum absolute atomic E-state index is 0.0213. The van der Waals surface area contributed by atoms with Crippen LogP contribution in [0.25, 0.3) is 0 Å². The van der Waals surface area contributed by atoms with Crippen molar-refractivity contribution < 1.29 is 18.7 Å². The molecule has 0 atom stereocenters. The normalized spacial score (nSPS) is 18.3. The minimum Gasteiger partial charge on any atom is -0.384 e. The van der Waals surface area contributed by atoms with E-state index in [9.17, 15) is 18.7 Å². The van der Waals surface area contributed by atoms with Crippen molar-refractivity contribution in [3.05, 3.63) is 23.8 Å². The fraction of sp³-hybridized carbons (Fsp3) is 0.643. The predicted octanol–water partition coefficient (Wildman–Crippen LogP) is 1.85. The fourth-order valence-electron chi connectivity index (χ4n) is 2.46. The van der Waals surface area contributed by atoms with Crippen LogP contribution in [0.4, 0.5) is 8.78 Å². The van der Waals surface area contributed by atoms with Crippen LogP contribution in [0.1, 0.15) is 48.3 Å². The van der Waals surface area contributed by atoms with Gasteiger partial charge in [0, 0.05) is 6.20 Å². The molecular weight excluding hydrogens is 280 g/mol. The number of alkyl halides is 2. The van der Waals surface area contributed by atoms with Crippen molar-refractivity contribution >= 4 is 5.91 Å². The van der Waals surface area contributed by atoms with Crippen molar-refractivity contribution in [2.75, 3.05) is 6.54 Å². The third kappa shape index (κ3) is 3.53. The highest BCUT2D eigenvalue weighted by Gasteiger charge is 2.52. The van der Waals surface area contributed by atoms with Crippen molar-refractivity contribution in [1.29, 1.82) is 0 Å². The first-order chi connectivity index (χ1) is 9.84. The number of halogens is 2. The largest absolute Gasteiger partial charge is 0.384 e. The first-order valence-electron chi connectivity index (χ1n) is 7.01. The van der Waals surface area contributed by atoms with Gasteiger partial charge >= 0.3 is 0 Å². The highest BCUT2D eigenvalue weighted by molar-refractivity contribution is 5.91. The molecule has 0 unspecified atom stereocenters. The molecule has 1 aromatic rings. The van der Waals surface area contributed by atoms with Gasteiger partial charge in [0.15, 0.2) is 0 Å². The van der Waals surface area contributed by atoms with Gasteiger partial charge in [0.25, 0.3) is 11.8 Å². The number of carbonyl (C=O) groups excluding carboxylic acids is 1. The van der Waals surface area contributed by atoms with E-state index in [2.05, 4.69) is 15.3 Å². The Hall–Kier alpha value is -1.63. The van der Waals surface area contributed by atoms with Gasteiger partial charge in [-0.2, -0.15) is 0 Å². The van der Waals surface area contributed by atoms with Crippen LogP contribution in [0.15, 0.2) is 12.4 Å². The van der Waals surface area contributed by atoms with E-state index in [4.69, 9.17) is 0 Å². The number of hydrogen-bond donors (Lipinski definition) is 2. The molecule has 2 N–H and O–H groups in total. The number of nitrogens with one attached hydrogen (secondary N) is 1. The van der Waals surface area contributed by atoms with Gasteiger partial charge in [0.1, 0.15) is 11.3 Å². The molecule has 1 aliphatic rings. The Morgan fingerprint density at radius 1 is 1.33 bits per heavy atom. The number of aliphatic hydroxyl groups is 1. The maximum absolute atomic E-state index is 14.1. The average molecular weight is 299 g/mol. The zero-order chi connectivity index (χ0) is 15.5. The molecule has 116 valence electrons. The predicted molar refractivity (Wildman–Crippen MR) is 72.1 cm³/mol. The highest BCUT2D eigenvalue weighted by Crippen LogP contribution is 2.40. The molecule has 7 heteroatoms. The van der Waals surface area contributed by atoms with Crippen LogP contribution in [0.3, 0.4) is 0 Å². The standard InChI is InChI=1S/C14H19F2N3O2/c1-10-7-18-11(8-17-10)12(20)19-9-14(15,16)13(21)5-3-2-4-6-13/h7-8,21H,2-6,9H2,1H3,(H,19,20). The van der Waals surface area contributed by atoms with Crippen molar-refractivity contribution in [3.8, 4) is 0 Å². The van der Waals surface area contributed by atoms with E-state index in [0.29, 0.717) is 18.5 Å². The summed E-state index contributed by atoms with van der Waals surface area (Å²) in [5, 5.41) is 12.2. The van der Waals surface area contributed by atoms with Crippen LogP contribution in [-0.2, 0) is 0 Å². The van der Waals surface area contributed by atoms with Crippen LogP contribution in [-0.4, -0.2) is 39.1 Å². The van der Waals surface area contributed by atoms with Gasteiger partial charge in [0.2, 0.25) is 0 Å². The second-order valence-electron chi connectivity index (χ2n) is 5.52. The van der Waals surface area contributed by atoms with E-state index in [-0.39, 0.29) is 18.5 Å². The molecule has 0 radical (unpaired) electrons. The molecule has 0 saturated heterocycles. The van der Waals surface area contributed by atoms with Gasteiger partial charge in [-0.1, -0.05) is 19.3 Å². The van der Waals surface area contributed by atoms with Gasteiger partial charge in [-0.3, -0.25) is 9.78 Å². The fourth-order valence-corrected chi connectivity index (χ4v) is 2.46. The summed E-state index contributed by atoms with van der Waals surface area (Å²) in [5.41, 5.74) is -1.42. The van der Waals surface area contributed by atoms with Crippen LogP contribution in [0, 0.1) is 6.92 Å². The van der Waals surface area contributed by atoms with E-state index in [1.54, 1.807) is 6.92 Å². The number of rotatable bonds is 4. The van der Waals surface area contributed by atoms with Crippen LogP contribution in [0.5, 0.6) is 0 Å². The number of amides is 1. The zero-order valence-electron chi connectivity index (χ0n) is 11.9. The van der Waals surface area contributed by atoms with Gasteiger partial charge in [-0.15, -0.1) is 0 Å². The van der Waals surface area contributed by atoms with Gasteiger partial charge < -0.3 is 10.4 Å². The monoisotopic (exact) mass is 299 g/mol. The van der Waals surface area contributed by atoms with Gasteiger partial charge in [-0.05, 0) is 19.8 Å². The minimum atomic E-state index is -3.36. The number of aryl methyl sites for hydroxylation is 1. The maximum Gasteiger partial charge on any atom is 0.293 e. The number of aromatic nitrogens is 2. The van der Waals surface area contributed by atoms with Crippen LogP contribution in [0.2, 0.25) is 0 Å². The van der Waals surface area contributed by atoms with Crippen LogP contribution < -0.4 is 5.32 Å². The second-order valence-corrected chi connectivity index (χ2v) is 5.52. The summed E-state index contributed by atoms with van der Waals surface area (Å²) in [6, 6.07) is 0. The maximum atomic E-state index is 14.1. The Balaban J connectivity index is 1.97. The lowest BCUT2D eigenvalue weighted by Gasteiger charge is -2.38. The third-order valence-electron chi connectivity index (χ3n) is 3.85. The smallest absolute Gasteiger partial charge is 0.293 e. The molecule has 2 rings (SSSR count). The summed E-state index contributed by atoms with van der Waals surface area (Å²) < 4.78 is 28.3. The molecular formula is C14H19F2N3O2. The summed E-state index contributed by atoms with van der Waals surface area (Å²) in [6.07, 6.45) is 4.73. The first kappa shape index (κ1) is 15.8. The summed E-state index contributed by atoms with van der Waals surface area (Å²) in [4.78, 5) is 19.5. The molecule has 0 aromatic carbocycles. The summed E-state index contributed by atoms with van der Waals surface area (Å²) in [5.74, 6) is -4.08. The third-order valence-corrected chi connectivity index (χ3v) is 3.85. The average Bonchev–Trinajstić information content (AvgIpc) is 2.46. The molecule has 0 aliphatic heterocycles. The second kappa shape index (κ2) is 6.01. The lowest BCUT2D eigenvalue weighted by molar-refractivity contribution is -0.191. The van der Waals surface area contributed by atoms with Gasteiger partial charge in [-0.25, -0.2) is 13.8 Å². The molecule has 1 aliphatic carbocycles. The summed E-state index contributed by atoms with van der Waals surface area (Å²) in [7, 11) is 0. The zero-order valence-corrected chi connectivity index (χ0v) is 11.9. The number of carbonyl (C=O) groups is 1. The SMILES string of the molecule is Cc1cnc(C(=O)NCC(F)(F)C2(O)CCCCC2)cn1. The van der Waals surface area contributed by atoms with E-state index >= 15 is 0 Å². The number of nitrogens with zero attached hydrogens (tertiary/aromatic N) is 2. The number of hydrogen-bond acceptors (Lipinski definition) is 4. The molecule has 1 heterocycles. The summed E-state index contributed by atoms with van der Waals surface area (Å²) >= 11 is 0. The topological polar surface area (TPSA) is 75.1 Å². The Labute approximate surface area is 121 Å². The van der Waals surface area contributed by atoms with E-state index < -0.39 is 24.0 Å². The lowest BCUT2D eigenvalue weighted by Crippen LogP contribution is -2.55. The lowest BCUT2D eigenvalue weighted by atomic mass is 9.80. The van der Waals surface area contributed by atoms with Crippen LogP contribution >= 0.6 is 0 Å². The first-order valence-corrected chi connectivity index (χ1v) is 7.01. The van der Waals surface area contributed by atoms with E-state index in [1.807, 2.05) is 0 Å². The molecule has 0 spiro atoms. The van der Waals surface area contributed by atoms with Crippen molar-refractivity contribution in [3.63, 3.8) is 0 Å². The molecule has 0 bridgehead atoms. The highest BCUT2D eigenvalue weighted by atomic mass is 19.3. The Morgan fingerprint density at radius 2 is 2.00 bits per heavy atom. The van der Waals surface area contributed by atoms with E-state index in [0.717, 1.165) is 6.42 Å².